The zero-order valence-electron chi connectivity index (χ0n) is 21.5. The van der Waals surface area contributed by atoms with E-state index in [0.29, 0.717) is 31.0 Å². The normalized spacial score (nSPS) is 20.5. The number of amides is 1. The molecule has 1 saturated heterocycles. The molecule has 1 aliphatic carbocycles. The van der Waals surface area contributed by atoms with Crippen LogP contribution in [-0.2, 0) is 22.6 Å². The van der Waals surface area contributed by atoms with Crippen LogP contribution in [0.25, 0.3) is 0 Å². The lowest BCUT2D eigenvalue weighted by Crippen LogP contribution is -2.35. The third kappa shape index (κ3) is 7.58. The van der Waals surface area contributed by atoms with Crippen molar-refractivity contribution < 1.29 is 28.2 Å². The van der Waals surface area contributed by atoms with Crippen molar-refractivity contribution in [3.05, 3.63) is 47.3 Å². The molecule has 2 aliphatic rings. The zero-order valence-corrected chi connectivity index (χ0v) is 21.5. The SMILES string of the molecule is COCc1cnc(N2CCC(C3CC3CCOc3cc(F)c(CC(=O)NCC(C)O)c(F)c3)CC2)nc1. The topological polar surface area (TPSA) is 96.8 Å². The number of carbonyl (C=O) groups excluding carboxylic acids is 1. The van der Waals surface area contributed by atoms with E-state index in [2.05, 4.69) is 20.2 Å². The Morgan fingerprint density at radius 2 is 1.89 bits per heavy atom. The summed E-state index contributed by atoms with van der Waals surface area (Å²) in [4.78, 5) is 23.0. The fourth-order valence-corrected chi connectivity index (χ4v) is 5.11. The van der Waals surface area contributed by atoms with Crippen LogP contribution in [0, 0.1) is 29.4 Å². The third-order valence-electron chi connectivity index (χ3n) is 7.21. The van der Waals surface area contributed by atoms with Crippen molar-refractivity contribution in [1.29, 1.82) is 0 Å². The van der Waals surface area contributed by atoms with Crippen molar-refractivity contribution >= 4 is 11.9 Å². The maximum Gasteiger partial charge on any atom is 0.225 e. The minimum absolute atomic E-state index is 0.0298. The van der Waals surface area contributed by atoms with Gasteiger partial charge in [-0.1, -0.05) is 0 Å². The highest BCUT2D eigenvalue weighted by Gasteiger charge is 2.43. The van der Waals surface area contributed by atoms with Gasteiger partial charge in [-0.05, 0) is 50.4 Å². The molecular weight excluding hydrogens is 482 g/mol. The molecule has 1 aromatic carbocycles. The first kappa shape index (κ1) is 27.2. The molecule has 8 nitrogen and oxygen atoms in total. The monoisotopic (exact) mass is 518 g/mol. The van der Waals surface area contributed by atoms with Gasteiger partial charge in [0.05, 0.1) is 25.7 Å². The number of nitrogens with zero attached hydrogens (tertiary/aromatic N) is 3. The van der Waals surface area contributed by atoms with Crippen molar-refractivity contribution in [2.75, 3.05) is 38.3 Å². The van der Waals surface area contributed by atoms with Gasteiger partial charge in [0.1, 0.15) is 17.4 Å². The smallest absolute Gasteiger partial charge is 0.225 e. The summed E-state index contributed by atoms with van der Waals surface area (Å²) in [5.41, 5.74) is 0.655. The van der Waals surface area contributed by atoms with E-state index >= 15 is 0 Å². The Hall–Kier alpha value is -2.85. The lowest BCUT2D eigenvalue weighted by atomic mass is 9.90. The number of nitrogens with one attached hydrogen (secondary N) is 1. The third-order valence-corrected chi connectivity index (χ3v) is 7.21. The second kappa shape index (κ2) is 12.6. The van der Waals surface area contributed by atoms with Gasteiger partial charge in [-0.15, -0.1) is 0 Å². The molecule has 3 unspecified atom stereocenters. The Kier molecular flexibility index (Phi) is 9.26. The average molecular weight is 519 g/mol. The lowest BCUT2D eigenvalue weighted by Gasteiger charge is -2.32. The Balaban J connectivity index is 1.17. The van der Waals surface area contributed by atoms with Gasteiger partial charge < -0.3 is 24.8 Å². The molecule has 2 N–H and O–H groups in total. The largest absolute Gasteiger partial charge is 0.493 e. The van der Waals surface area contributed by atoms with Crippen molar-refractivity contribution in [3.8, 4) is 5.75 Å². The van der Waals surface area contributed by atoms with Crippen LogP contribution in [0.1, 0.15) is 43.7 Å². The highest BCUT2D eigenvalue weighted by molar-refractivity contribution is 5.78. The molecule has 2 fully saturated rings. The average Bonchev–Trinajstić information content (AvgIpc) is 3.65. The number of aliphatic hydroxyl groups is 1. The summed E-state index contributed by atoms with van der Waals surface area (Å²) in [5, 5.41) is 11.6. The van der Waals surface area contributed by atoms with E-state index in [-0.39, 0.29) is 17.9 Å². The highest BCUT2D eigenvalue weighted by atomic mass is 19.1. The van der Waals surface area contributed by atoms with Crippen LogP contribution in [0.15, 0.2) is 24.5 Å². The second-order valence-electron chi connectivity index (χ2n) is 10.1. The molecule has 3 atom stereocenters. The van der Waals surface area contributed by atoms with E-state index in [1.807, 2.05) is 12.4 Å². The van der Waals surface area contributed by atoms with Gasteiger partial charge in [0.15, 0.2) is 0 Å². The quantitative estimate of drug-likeness (QED) is 0.445. The van der Waals surface area contributed by atoms with E-state index in [1.165, 1.54) is 13.3 Å². The summed E-state index contributed by atoms with van der Waals surface area (Å²) in [5.74, 6) is 0.648. The van der Waals surface area contributed by atoms with E-state index in [1.54, 1.807) is 7.11 Å². The number of ether oxygens (including phenoxy) is 2. The molecule has 202 valence electrons. The van der Waals surface area contributed by atoms with Crippen molar-refractivity contribution in [1.82, 2.24) is 15.3 Å². The minimum atomic E-state index is -0.810. The molecular formula is C27H36F2N4O4. The molecule has 1 amide bonds. The summed E-state index contributed by atoms with van der Waals surface area (Å²) < 4.78 is 39.6. The highest BCUT2D eigenvalue weighted by Crippen LogP contribution is 2.49. The maximum absolute atomic E-state index is 14.4. The number of hydrogen-bond donors (Lipinski definition) is 2. The lowest BCUT2D eigenvalue weighted by molar-refractivity contribution is -0.120. The predicted octanol–water partition coefficient (Wildman–Crippen LogP) is 3.26. The van der Waals surface area contributed by atoms with Gasteiger partial charge >= 0.3 is 0 Å². The van der Waals surface area contributed by atoms with E-state index < -0.39 is 30.1 Å². The van der Waals surface area contributed by atoms with Gasteiger partial charge in [0.25, 0.3) is 0 Å². The molecule has 0 bridgehead atoms. The molecule has 2 aromatic rings. The van der Waals surface area contributed by atoms with Crippen LogP contribution >= 0.6 is 0 Å². The van der Waals surface area contributed by atoms with Crippen LogP contribution in [0.3, 0.4) is 0 Å². The number of aliphatic hydroxyl groups excluding tert-OH is 1. The van der Waals surface area contributed by atoms with Crippen LogP contribution in [-0.4, -0.2) is 60.4 Å². The van der Waals surface area contributed by atoms with E-state index in [9.17, 15) is 18.7 Å². The summed E-state index contributed by atoms with van der Waals surface area (Å²) >= 11 is 0. The van der Waals surface area contributed by atoms with Crippen LogP contribution in [0.5, 0.6) is 5.75 Å². The van der Waals surface area contributed by atoms with Crippen molar-refractivity contribution in [2.45, 2.75) is 51.7 Å². The van der Waals surface area contributed by atoms with E-state index in [0.717, 1.165) is 56.0 Å². The zero-order chi connectivity index (χ0) is 26.4. The number of benzene rings is 1. The second-order valence-corrected chi connectivity index (χ2v) is 10.1. The fourth-order valence-electron chi connectivity index (χ4n) is 5.11. The summed E-state index contributed by atoms with van der Waals surface area (Å²) in [6.45, 7) is 4.33. The summed E-state index contributed by atoms with van der Waals surface area (Å²) in [7, 11) is 1.65. The molecule has 1 aliphatic heterocycles. The van der Waals surface area contributed by atoms with Gasteiger partial charge in [-0.3, -0.25) is 4.79 Å². The standard InChI is InChI=1S/C27H36F2N4O4/c1-17(34)13-30-26(35)12-23-24(28)10-21(11-25(23)29)37-8-5-20-9-22(20)19-3-6-33(7-4-19)27-31-14-18(15-32-27)16-36-2/h10-11,14-15,17,19-20,22,34H,3-9,12-13,16H2,1-2H3,(H,30,35). The number of piperidine rings is 1. The first-order valence-electron chi connectivity index (χ1n) is 12.9. The molecule has 10 heteroatoms. The first-order chi connectivity index (χ1) is 17.8. The molecule has 37 heavy (non-hydrogen) atoms. The summed E-state index contributed by atoms with van der Waals surface area (Å²) in [6.07, 6.45) is 6.70. The Bertz CT molecular complexity index is 1020. The van der Waals surface area contributed by atoms with E-state index in [4.69, 9.17) is 9.47 Å². The molecule has 0 radical (unpaired) electrons. The fraction of sp³-hybridized carbons (Fsp3) is 0.593. The Morgan fingerprint density at radius 1 is 1.22 bits per heavy atom. The van der Waals surface area contributed by atoms with Crippen LogP contribution < -0.4 is 15.0 Å². The van der Waals surface area contributed by atoms with Gasteiger partial charge in [-0.25, -0.2) is 18.7 Å². The number of aromatic nitrogens is 2. The molecule has 2 heterocycles. The van der Waals surface area contributed by atoms with Gasteiger partial charge in [0, 0.05) is 62.4 Å². The molecule has 0 spiro atoms. The molecule has 1 saturated carbocycles. The number of carbonyl (C=O) groups is 1. The van der Waals surface area contributed by atoms with Crippen LogP contribution in [0.2, 0.25) is 0 Å². The van der Waals surface area contributed by atoms with Crippen molar-refractivity contribution in [2.24, 2.45) is 17.8 Å². The predicted molar refractivity (Wildman–Crippen MR) is 134 cm³/mol. The number of halogens is 2. The Morgan fingerprint density at radius 3 is 2.51 bits per heavy atom. The number of rotatable bonds is 12. The summed E-state index contributed by atoms with van der Waals surface area (Å²) in [6, 6.07) is 2.26. The number of methoxy groups -OCH3 is 1. The van der Waals surface area contributed by atoms with Crippen LogP contribution in [0.4, 0.5) is 14.7 Å². The molecule has 1 aromatic heterocycles. The number of anilines is 1. The van der Waals surface area contributed by atoms with Gasteiger partial charge in [-0.2, -0.15) is 0 Å². The first-order valence-corrected chi connectivity index (χ1v) is 12.9. The van der Waals surface area contributed by atoms with Gasteiger partial charge in [0.2, 0.25) is 11.9 Å². The van der Waals surface area contributed by atoms with Crippen molar-refractivity contribution in [3.63, 3.8) is 0 Å². The maximum atomic E-state index is 14.4. The minimum Gasteiger partial charge on any atom is -0.493 e. The molecule has 4 rings (SSSR count). The number of hydrogen-bond acceptors (Lipinski definition) is 7. The Labute approximate surface area is 216 Å².